The van der Waals surface area contributed by atoms with Gasteiger partial charge in [-0.2, -0.15) is 0 Å². The van der Waals surface area contributed by atoms with Gasteiger partial charge in [-0.15, -0.1) is 0 Å². The van der Waals surface area contributed by atoms with Gasteiger partial charge in [-0.25, -0.2) is 4.98 Å². The van der Waals surface area contributed by atoms with E-state index in [2.05, 4.69) is 43.8 Å². The van der Waals surface area contributed by atoms with Crippen molar-refractivity contribution < 1.29 is 4.74 Å². The van der Waals surface area contributed by atoms with Gasteiger partial charge in [-0.3, -0.25) is 4.90 Å². The van der Waals surface area contributed by atoms with Crippen molar-refractivity contribution in [2.45, 2.75) is 19.4 Å². The molecule has 130 valence electrons. The largest absolute Gasteiger partial charge is 0.497 e. The van der Waals surface area contributed by atoms with Crippen LogP contribution in [0.25, 0.3) is 16.5 Å². The SMILES string of the molecule is COc1ccc2[nH]cc(C3=CCN(CCCn4ccnc4)CC3)c2c1. The lowest BCUT2D eigenvalue weighted by molar-refractivity contribution is 0.291. The molecule has 0 atom stereocenters. The molecule has 0 aliphatic carbocycles. The molecule has 3 aromatic rings. The zero-order valence-corrected chi connectivity index (χ0v) is 14.6. The maximum atomic E-state index is 5.38. The summed E-state index contributed by atoms with van der Waals surface area (Å²) in [7, 11) is 1.72. The molecule has 1 aromatic carbocycles. The van der Waals surface area contributed by atoms with E-state index in [0.717, 1.165) is 44.8 Å². The third-order valence-corrected chi connectivity index (χ3v) is 4.98. The molecule has 0 spiro atoms. The van der Waals surface area contributed by atoms with Gasteiger partial charge in [0.1, 0.15) is 5.75 Å². The van der Waals surface area contributed by atoms with E-state index in [-0.39, 0.29) is 0 Å². The number of aromatic amines is 1. The molecule has 3 heterocycles. The fourth-order valence-electron chi connectivity index (χ4n) is 3.55. The molecule has 1 aliphatic rings. The highest BCUT2D eigenvalue weighted by atomic mass is 16.5. The number of methoxy groups -OCH3 is 1. The third kappa shape index (κ3) is 3.46. The van der Waals surface area contributed by atoms with Crippen LogP contribution in [0.5, 0.6) is 5.75 Å². The number of hydrogen-bond donors (Lipinski definition) is 1. The van der Waals surface area contributed by atoms with E-state index in [0.29, 0.717) is 0 Å². The van der Waals surface area contributed by atoms with Gasteiger partial charge in [0.25, 0.3) is 0 Å². The van der Waals surface area contributed by atoms with Crippen LogP contribution in [0.3, 0.4) is 0 Å². The summed E-state index contributed by atoms with van der Waals surface area (Å²) >= 11 is 0. The summed E-state index contributed by atoms with van der Waals surface area (Å²) in [4.78, 5) is 9.99. The average molecular weight is 336 g/mol. The molecule has 5 heteroatoms. The molecular weight excluding hydrogens is 312 g/mol. The quantitative estimate of drug-likeness (QED) is 0.749. The number of rotatable bonds is 6. The highest BCUT2D eigenvalue weighted by molar-refractivity contribution is 5.93. The van der Waals surface area contributed by atoms with E-state index in [4.69, 9.17) is 4.74 Å². The van der Waals surface area contributed by atoms with Gasteiger partial charge < -0.3 is 14.3 Å². The van der Waals surface area contributed by atoms with Crippen molar-refractivity contribution >= 4 is 16.5 Å². The van der Waals surface area contributed by atoms with E-state index in [9.17, 15) is 0 Å². The van der Waals surface area contributed by atoms with Crippen LogP contribution in [0.15, 0.2) is 49.2 Å². The smallest absolute Gasteiger partial charge is 0.119 e. The lowest BCUT2D eigenvalue weighted by Gasteiger charge is -2.26. The van der Waals surface area contributed by atoms with Crippen LogP contribution in [0.1, 0.15) is 18.4 Å². The highest BCUT2D eigenvalue weighted by Gasteiger charge is 2.15. The zero-order valence-electron chi connectivity index (χ0n) is 14.6. The summed E-state index contributed by atoms with van der Waals surface area (Å²) in [6.07, 6.45) is 12.5. The molecule has 0 radical (unpaired) electrons. The number of nitrogens with one attached hydrogen (secondary N) is 1. The van der Waals surface area contributed by atoms with Gasteiger partial charge in [-0.1, -0.05) is 6.08 Å². The number of H-pyrrole nitrogens is 1. The molecule has 0 bridgehead atoms. The fraction of sp³-hybridized carbons (Fsp3) is 0.350. The minimum Gasteiger partial charge on any atom is -0.497 e. The van der Waals surface area contributed by atoms with Gasteiger partial charge in [0.15, 0.2) is 0 Å². The first kappa shape index (κ1) is 16.0. The van der Waals surface area contributed by atoms with Crippen LogP contribution in [0.4, 0.5) is 0 Å². The Labute approximate surface area is 147 Å². The van der Waals surface area contributed by atoms with Crippen molar-refractivity contribution in [1.82, 2.24) is 19.4 Å². The first-order chi connectivity index (χ1) is 12.3. The number of aryl methyl sites for hydroxylation is 1. The molecule has 0 amide bonds. The number of imidazole rings is 1. The fourth-order valence-corrected chi connectivity index (χ4v) is 3.55. The Morgan fingerprint density at radius 3 is 3.00 bits per heavy atom. The van der Waals surface area contributed by atoms with Crippen molar-refractivity contribution in [2.24, 2.45) is 0 Å². The average Bonchev–Trinajstić information content (AvgIpc) is 3.31. The number of nitrogens with zero attached hydrogens (tertiary/aromatic N) is 3. The molecule has 4 rings (SSSR count). The van der Waals surface area contributed by atoms with Crippen LogP contribution < -0.4 is 4.74 Å². The molecule has 1 aliphatic heterocycles. The molecular formula is C20H24N4O. The number of benzene rings is 1. The van der Waals surface area contributed by atoms with E-state index < -0.39 is 0 Å². The molecule has 2 aromatic heterocycles. The molecule has 5 nitrogen and oxygen atoms in total. The maximum Gasteiger partial charge on any atom is 0.119 e. The van der Waals surface area contributed by atoms with Gasteiger partial charge in [-0.05, 0) is 36.6 Å². The Hall–Kier alpha value is -2.53. The molecule has 25 heavy (non-hydrogen) atoms. The van der Waals surface area contributed by atoms with Gasteiger partial charge in [0.2, 0.25) is 0 Å². The zero-order chi connectivity index (χ0) is 17.1. The normalized spacial score (nSPS) is 15.5. The van der Waals surface area contributed by atoms with Crippen molar-refractivity contribution in [2.75, 3.05) is 26.7 Å². The van der Waals surface area contributed by atoms with Crippen LogP contribution in [-0.2, 0) is 6.54 Å². The minimum absolute atomic E-state index is 0.908. The van der Waals surface area contributed by atoms with E-state index in [1.807, 2.05) is 24.8 Å². The lowest BCUT2D eigenvalue weighted by atomic mass is 9.98. The Kier molecular flexibility index (Phi) is 4.57. The molecule has 1 N–H and O–H groups in total. The summed E-state index contributed by atoms with van der Waals surface area (Å²) in [5, 5.41) is 1.25. The van der Waals surface area contributed by atoms with E-state index >= 15 is 0 Å². The number of hydrogen-bond acceptors (Lipinski definition) is 3. The molecule has 0 saturated heterocycles. The second kappa shape index (κ2) is 7.15. The first-order valence-corrected chi connectivity index (χ1v) is 8.86. The summed E-state index contributed by atoms with van der Waals surface area (Å²) in [5.74, 6) is 0.908. The van der Waals surface area contributed by atoms with Crippen LogP contribution in [0.2, 0.25) is 0 Å². The molecule has 0 fully saturated rings. The number of aromatic nitrogens is 3. The highest BCUT2D eigenvalue weighted by Crippen LogP contribution is 2.31. The molecule has 0 saturated carbocycles. The first-order valence-electron chi connectivity index (χ1n) is 8.86. The maximum absolute atomic E-state index is 5.38. The summed E-state index contributed by atoms with van der Waals surface area (Å²) in [5.41, 5.74) is 3.91. The Balaban J connectivity index is 1.40. The van der Waals surface area contributed by atoms with Crippen LogP contribution in [0, 0.1) is 0 Å². The van der Waals surface area contributed by atoms with E-state index in [1.165, 1.54) is 22.0 Å². The third-order valence-electron chi connectivity index (χ3n) is 4.98. The monoisotopic (exact) mass is 336 g/mol. The van der Waals surface area contributed by atoms with Gasteiger partial charge >= 0.3 is 0 Å². The lowest BCUT2D eigenvalue weighted by Crippen LogP contribution is -2.30. The summed E-state index contributed by atoms with van der Waals surface area (Å²) < 4.78 is 7.52. The van der Waals surface area contributed by atoms with Crippen molar-refractivity contribution in [3.63, 3.8) is 0 Å². The van der Waals surface area contributed by atoms with Crippen molar-refractivity contribution in [3.8, 4) is 5.75 Å². The van der Waals surface area contributed by atoms with Crippen molar-refractivity contribution in [1.29, 1.82) is 0 Å². The van der Waals surface area contributed by atoms with E-state index in [1.54, 1.807) is 7.11 Å². The second-order valence-corrected chi connectivity index (χ2v) is 6.55. The van der Waals surface area contributed by atoms with Crippen molar-refractivity contribution in [3.05, 3.63) is 54.8 Å². The minimum atomic E-state index is 0.908. The summed E-state index contributed by atoms with van der Waals surface area (Å²) in [6, 6.07) is 6.21. The van der Waals surface area contributed by atoms with Crippen LogP contribution in [-0.4, -0.2) is 46.2 Å². The topological polar surface area (TPSA) is 46.1 Å². The second-order valence-electron chi connectivity index (χ2n) is 6.55. The Morgan fingerprint density at radius 2 is 2.24 bits per heavy atom. The number of fused-ring (bicyclic) bond motifs is 1. The predicted molar refractivity (Wildman–Crippen MR) is 101 cm³/mol. The number of ether oxygens (including phenoxy) is 1. The molecule has 0 unspecified atom stereocenters. The van der Waals surface area contributed by atoms with Gasteiger partial charge in [0.05, 0.1) is 13.4 Å². The van der Waals surface area contributed by atoms with Gasteiger partial charge in [0, 0.05) is 61.2 Å². The summed E-state index contributed by atoms with van der Waals surface area (Å²) in [6.45, 7) is 4.31. The Morgan fingerprint density at radius 1 is 1.28 bits per heavy atom. The Bertz CT molecular complexity index is 863. The van der Waals surface area contributed by atoms with Crippen LogP contribution >= 0.6 is 0 Å². The standard InChI is InChI=1S/C20H24N4O/c1-25-17-3-4-20-18(13-17)19(14-22-20)16-5-10-23(11-6-16)8-2-9-24-12-7-21-15-24/h3-5,7,12-15,22H,2,6,8-11H2,1H3. The predicted octanol–water partition coefficient (Wildman–Crippen LogP) is 3.55.